The van der Waals surface area contributed by atoms with Crippen LogP contribution in [0.15, 0.2) is 12.4 Å². The van der Waals surface area contributed by atoms with Gasteiger partial charge in [-0.05, 0) is 0 Å². The summed E-state index contributed by atoms with van der Waals surface area (Å²) in [7, 11) is 1.63. The number of nitrogens with zero attached hydrogens (tertiary/aromatic N) is 3. The predicted octanol–water partition coefficient (Wildman–Crippen LogP) is 0.514. The topological polar surface area (TPSA) is 85.8 Å². The number of hydrogen-bond acceptors (Lipinski definition) is 7. The van der Waals surface area contributed by atoms with Crippen LogP contribution in [0.25, 0.3) is 0 Å². The summed E-state index contributed by atoms with van der Waals surface area (Å²) in [4.78, 5) is 22.6. The standard InChI is InChI=1S/C15H22N4O4/c1-21-7-4-16-14-17-10-12(11-18-14)13(20)19-5-2-15(3-6-19)22-8-9-23-15/h10-11H,2-9H2,1H3,(H,16,17,18). The number of amides is 1. The Morgan fingerprint density at radius 3 is 2.57 bits per heavy atom. The van der Waals surface area contributed by atoms with Crippen molar-refractivity contribution in [3.05, 3.63) is 18.0 Å². The van der Waals surface area contributed by atoms with Gasteiger partial charge in [0.05, 0.1) is 25.4 Å². The van der Waals surface area contributed by atoms with Gasteiger partial charge in [-0.3, -0.25) is 4.79 Å². The first-order valence-corrected chi connectivity index (χ1v) is 7.84. The molecule has 1 aromatic heterocycles. The van der Waals surface area contributed by atoms with Gasteiger partial charge in [0.25, 0.3) is 5.91 Å². The second-order valence-corrected chi connectivity index (χ2v) is 5.61. The predicted molar refractivity (Wildman–Crippen MR) is 82.2 cm³/mol. The quantitative estimate of drug-likeness (QED) is 0.791. The van der Waals surface area contributed by atoms with Crippen LogP contribution in [0.2, 0.25) is 0 Å². The number of hydrogen-bond donors (Lipinski definition) is 1. The Labute approximate surface area is 135 Å². The van der Waals surface area contributed by atoms with Gasteiger partial charge < -0.3 is 24.4 Å². The third-order valence-corrected chi connectivity index (χ3v) is 4.11. The van der Waals surface area contributed by atoms with Crippen LogP contribution in [-0.2, 0) is 14.2 Å². The normalized spacial score (nSPS) is 20.0. The van der Waals surface area contributed by atoms with Gasteiger partial charge in [-0.15, -0.1) is 0 Å². The SMILES string of the molecule is COCCNc1ncc(C(=O)N2CCC3(CC2)OCCO3)cn1. The lowest BCUT2D eigenvalue weighted by Crippen LogP contribution is -2.47. The van der Waals surface area contributed by atoms with Gasteiger partial charge in [0.15, 0.2) is 5.79 Å². The molecule has 0 aromatic carbocycles. The van der Waals surface area contributed by atoms with Gasteiger partial charge >= 0.3 is 0 Å². The third kappa shape index (κ3) is 3.77. The zero-order chi connectivity index (χ0) is 16.1. The lowest BCUT2D eigenvalue weighted by molar-refractivity contribution is -0.181. The molecule has 23 heavy (non-hydrogen) atoms. The van der Waals surface area contributed by atoms with E-state index in [0.717, 1.165) is 0 Å². The van der Waals surface area contributed by atoms with Crippen LogP contribution in [0.1, 0.15) is 23.2 Å². The van der Waals surface area contributed by atoms with E-state index in [-0.39, 0.29) is 5.91 Å². The lowest BCUT2D eigenvalue weighted by atomic mass is 10.0. The molecule has 2 aliphatic heterocycles. The highest BCUT2D eigenvalue weighted by Gasteiger charge is 2.40. The smallest absolute Gasteiger partial charge is 0.256 e. The molecule has 0 bridgehead atoms. The van der Waals surface area contributed by atoms with Crippen LogP contribution in [0.5, 0.6) is 0 Å². The minimum Gasteiger partial charge on any atom is -0.383 e. The Morgan fingerprint density at radius 1 is 1.30 bits per heavy atom. The van der Waals surface area contributed by atoms with E-state index in [4.69, 9.17) is 14.2 Å². The Balaban J connectivity index is 1.54. The van der Waals surface area contributed by atoms with Gasteiger partial charge in [-0.25, -0.2) is 9.97 Å². The van der Waals surface area contributed by atoms with E-state index in [1.807, 2.05) is 0 Å². The summed E-state index contributed by atoms with van der Waals surface area (Å²) < 4.78 is 16.3. The van der Waals surface area contributed by atoms with Crippen molar-refractivity contribution in [1.82, 2.24) is 14.9 Å². The fourth-order valence-corrected chi connectivity index (χ4v) is 2.81. The minimum absolute atomic E-state index is 0.0544. The number of ether oxygens (including phenoxy) is 3. The number of nitrogens with one attached hydrogen (secondary N) is 1. The molecule has 0 unspecified atom stereocenters. The number of carbonyl (C=O) groups is 1. The van der Waals surface area contributed by atoms with Crippen molar-refractivity contribution in [2.45, 2.75) is 18.6 Å². The van der Waals surface area contributed by atoms with Gasteiger partial charge in [-0.2, -0.15) is 0 Å². The number of methoxy groups -OCH3 is 1. The first kappa shape index (κ1) is 16.1. The summed E-state index contributed by atoms with van der Waals surface area (Å²) in [5, 5.41) is 3.02. The maximum atomic E-state index is 12.5. The molecule has 3 rings (SSSR count). The van der Waals surface area contributed by atoms with Crippen molar-refractivity contribution in [3.63, 3.8) is 0 Å². The van der Waals surface area contributed by atoms with Gasteiger partial charge in [-0.1, -0.05) is 0 Å². The molecule has 2 fully saturated rings. The van der Waals surface area contributed by atoms with Crippen LogP contribution < -0.4 is 5.32 Å². The maximum Gasteiger partial charge on any atom is 0.256 e. The van der Waals surface area contributed by atoms with Crippen molar-refractivity contribution < 1.29 is 19.0 Å². The molecule has 1 amide bonds. The van der Waals surface area contributed by atoms with Crippen molar-refractivity contribution in [1.29, 1.82) is 0 Å². The van der Waals surface area contributed by atoms with Gasteiger partial charge in [0.2, 0.25) is 5.95 Å². The average Bonchev–Trinajstić information content (AvgIpc) is 3.04. The number of piperidine rings is 1. The van der Waals surface area contributed by atoms with Crippen molar-refractivity contribution in [3.8, 4) is 0 Å². The second-order valence-electron chi connectivity index (χ2n) is 5.61. The highest BCUT2D eigenvalue weighted by Crippen LogP contribution is 2.31. The minimum atomic E-state index is -0.470. The van der Waals surface area contributed by atoms with Crippen molar-refractivity contribution in [2.75, 3.05) is 51.9 Å². The number of likely N-dealkylation sites (tertiary alicyclic amines) is 1. The summed E-state index contributed by atoms with van der Waals surface area (Å²) in [6.07, 6.45) is 4.52. The number of anilines is 1. The van der Waals surface area contributed by atoms with Crippen molar-refractivity contribution in [2.24, 2.45) is 0 Å². The first-order chi connectivity index (χ1) is 11.2. The zero-order valence-corrected chi connectivity index (χ0v) is 13.3. The van der Waals surface area contributed by atoms with E-state index >= 15 is 0 Å². The molecule has 1 aromatic rings. The number of carbonyl (C=O) groups excluding carboxylic acids is 1. The second kappa shape index (κ2) is 7.20. The molecular formula is C15H22N4O4. The summed E-state index contributed by atoms with van der Waals surface area (Å²) in [6, 6.07) is 0. The van der Waals surface area contributed by atoms with Crippen LogP contribution in [0.3, 0.4) is 0 Å². The molecule has 126 valence electrons. The molecule has 8 nitrogen and oxygen atoms in total. The van der Waals surface area contributed by atoms with Gasteiger partial charge in [0, 0.05) is 52.0 Å². The Hall–Kier alpha value is -1.77. The zero-order valence-electron chi connectivity index (χ0n) is 13.3. The largest absolute Gasteiger partial charge is 0.383 e. The highest BCUT2D eigenvalue weighted by molar-refractivity contribution is 5.93. The number of aromatic nitrogens is 2. The summed E-state index contributed by atoms with van der Waals surface area (Å²) in [5.74, 6) is -0.0344. The van der Waals surface area contributed by atoms with E-state index < -0.39 is 5.79 Å². The Kier molecular flexibility index (Phi) is 5.04. The van der Waals surface area contributed by atoms with E-state index in [1.54, 1.807) is 24.4 Å². The van der Waals surface area contributed by atoms with Crippen LogP contribution in [0.4, 0.5) is 5.95 Å². The lowest BCUT2D eigenvalue weighted by Gasteiger charge is -2.37. The van der Waals surface area contributed by atoms with E-state index in [9.17, 15) is 4.79 Å². The molecule has 0 aliphatic carbocycles. The highest BCUT2D eigenvalue weighted by atomic mass is 16.7. The molecule has 0 atom stereocenters. The monoisotopic (exact) mass is 322 g/mol. The molecule has 1 spiro atoms. The molecule has 2 saturated heterocycles. The summed E-state index contributed by atoms with van der Waals surface area (Å²) in [6.45, 7) is 3.71. The molecule has 2 aliphatic rings. The van der Waals surface area contributed by atoms with Crippen molar-refractivity contribution >= 4 is 11.9 Å². The Bertz CT molecular complexity index is 521. The molecule has 3 heterocycles. The number of rotatable bonds is 5. The van der Waals surface area contributed by atoms with Crippen LogP contribution >= 0.6 is 0 Å². The molecule has 0 saturated carbocycles. The van der Waals surface area contributed by atoms with E-state index in [2.05, 4.69) is 15.3 Å². The maximum absolute atomic E-state index is 12.5. The molecular weight excluding hydrogens is 300 g/mol. The summed E-state index contributed by atoms with van der Waals surface area (Å²) >= 11 is 0. The Morgan fingerprint density at radius 2 is 1.96 bits per heavy atom. The third-order valence-electron chi connectivity index (χ3n) is 4.11. The van der Waals surface area contributed by atoms with Crippen LogP contribution in [0, 0.1) is 0 Å². The van der Waals surface area contributed by atoms with E-state index in [1.165, 1.54) is 0 Å². The fourth-order valence-electron chi connectivity index (χ4n) is 2.81. The molecule has 1 N–H and O–H groups in total. The van der Waals surface area contributed by atoms with E-state index in [0.29, 0.717) is 63.8 Å². The summed E-state index contributed by atoms with van der Waals surface area (Å²) in [5.41, 5.74) is 0.492. The first-order valence-electron chi connectivity index (χ1n) is 7.84. The molecule has 0 radical (unpaired) electrons. The van der Waals surface area contributed by atoms with Gasteiger partial charge in [0.1, 0.15) is 0 Å². The molecule has 8 heteroatoms. The fraction of sp³-hybridized carbons (Fsp3) is 0.667. The van der Waals surface area contributed by atoms with Crippen LogP contribution in [-0.4, -0.2) is 73.1 Å². The average molecular weight is 322 g/mol.